The Morgan fingerprint density at radius 2 is 1.73 bits per heavy atom. The number of hydrogen-bond donors (Lipinski definition) is 2. The monoisotopic (exact) mass is 356 g/mol. The molecule has 0 heterocycles. The molecular formula is C20H24N2O4. The van der Waals surface area contributed by atoms with Gasteiger partial charge in [0.05, 0.1) is 12.2 Å². The maximum absolute atomic E-state index is 11.8. The summed E-state index contributed by atoms with van der Waals surface area (Å²) in [6, 6.07) is 12.4. The van der Waals surface area contributed by atoms with Gasteiger partial charge in [-0.25, -0.2) is 9.59 Å². The van der Waals surface area contributed by atoms with E-state index in [1.807, 2.05) is 32.0 Å². The van der Waals surface area contributed by atoms with Crippen LogP contribution in [0.15, 0.2) is 42.5 Å². The second-order valence-corrected chi connectivity index (χ2v) is 5.83. The predicted octanol–water partition coefficient (Wildman–Crippen LogP) is 3.32. The molecule has 26 heavy (non-hydrogen) atoms. The van der Waals surface area contributed by atoms with E-state index in [2.05, 4.69) is 10.6 Å². The topological polar surface area (TPSA) is 76.7 Å². The Morgan fingerprint density at radius 1 is 1.00 bits per heavy atom. The van der Waals surface area contributed by atoms with E-state index in [4.69, 9.17) is 9.47 Å². The van der Waals surface area contributed by atoms with E-state index in [1.54, 1.807) is 31.2 Å². The molecule has 138 valence electrons. The second kappa shape index (κ2) is 9.46. The largest absolute Gasteiger partial charge is 0.473 e. The van der Waals surface area contributed by atoms with Crippen LogP contribution in [0.25, 0.3) is 0 Å². The zero-order chi connectivity index (χ0) is 18.9. The van der Waals surface area contributed by atoms with Gasteiger partial charge in [-0.15, -0.1) is 0 Å². The summed E-state index contributed by atoms with van der Waals surface area (Å²) in [6.45, 7) is 6.51. The maximum Gasteiger partial charge on any atom is 0.338 e. The quantitative estimate of drug-likeness (QED) is 0.589. The first-order valence-corrected chi connectivity index (χ1v) is 8.47. The number of ether oxygens (including phenoxy) is 2. The van der Waals surface area contributed by atoms with Crippen LogP contribution in [0.4, 0.5) is 4.79 Å². The Labute approximate surface area is 153 Å². The van der Waals surface area contributed by atoms with Crippen LogP contribution < -0.4 is 15.4 Å². The van der Waals surface area contributed by atoms with Gasteiger partial charge in [-0.3, -0.25) is 0 Å². The standard InChI is InChI=1S/C20H24N2O4/c1-4-25-19(23)17-8-6-16(7-9-17)12-21-20(24)22-13-26-18-10-5-14(2)11-15(18)3/h5-11H,4,12-13H2,1-3H3,(H2,21,22,24). The number of amides is 2. The van der Waals surface area contributed by atoms with Crippen molar-refractivity contribution in [1.29, 1.82) is 0 Å². The Bertz CT molecular complexity index is 757. The minimum atomic E-state index is -0.353. The van der Waals surface area contributed by atoms with Crippen LogP contribution in [0.1, 0.15) is 34.0 Å². The number of nitrogens with one attached hydrogen (secondary N) is 2. The van der Waals surface area contributed by atoms with Gasteiger partial charge in [0.15, 0.2) is 6.73 Å². The van der Waals surface area contributed by atoms with Crippen molar-refractivity contribution >= 4 is 12.0 Å². The molecule has 0 spiro atoms. The molecule has 0 aliphatic heterocycles. The number of esters is 1. The van der Waals surface area contributed by atoms with Crippen LogP contribution in [0.5, 0.6) is 5.75 Å². The van der Waals surface area contributed by atoms with E-state index >= 15 is 0 Å². The smallest absolute Gasteiger partial charge is 0.338 e. The first kappa shape index (κ1) is 19.3. The highest BCUT2D eigenvalue weighted by Gasteiger charge is 2.06. The lowest BCUT2D eigenvalue weighted by molar-refractivity contribution is 0.0526. The summed E-state index contributed by atoms with van der Waals surface area (Å²) in [5.74, 6) is 0.388. The molecule has 0 unspecified atom stereocenters. The van der Waals surface area contributed by atoms with Gasteiger partial charge in [-0.1, -0.05) is 29.8 Å². The Hall–Kier alpha value is -3.02. The summed E-state index contributed by atoms with van der Waals surface area (Å²) >= 11 is 0. The van der Waals surface area contributed by atoms with E-state index in [1.165, 1.54) is 0 Å². The average molecular weight is 356 g/mol. The van der Waals surface area contributed by atoms with E-state index in [0.717, 1.165) is 22.4 Å². The minimum Gasteiger partial charge on any atom is -0.473 e. The molecule has 2 amide bonds. The fourth-order valence-electron chi connectivity index (χ4n) is 2.36. The van der Waals surface area contributed by atoms with Crippen molar-refractivity contribution < 1.29 is 19.1 Å². The SMILES string of the molecule is CCOC(=O)c1ccc(CNC(=O)NCOc2ccc(C)cc2C)cc1. The van der Waals surface area contributed by atoms with E-state index in [0.29, 0.717) is 18.7 Å². The molecule has 0 saturated heterocycles. The summed E-state index contributed by atoms with van der Waals surface area (Å²) in [5, 5.41) is 5.38. The van der Waals surface area contributed by atoms with Gasteiger partial charge >= 0.3 is 12.0 Å². The minimum absolute atomic E-state index is 0.0809. The number of hydrogen-bond acceptors (Lipinski definition) is 4. The number of rotatable bonds is 7. The van der Waals surface area contributed by atoms with Gasteiger partial charge in [0, 0.05) is 6.54 Å². The molecule has 2 aromatic carbocycles. The van der Waals surface area contributed by atoms with Crippen molar-refractivity contribution in [2.24, 2.45) is 0 Å². The number of benzene rings is 2. The van der Waals surface area contributed by atoms with Gasteiger partial charge in [0.1, 0.15) is 5.75 Å². The van der Waals surface area contributed by atoms with Crippen molar-refractivity contribution in [3.8, 4) is 5.75 Å². The lowest BCUT2D eigenvalue weighted by Crippen LogP contribution is -2.37. The Balaban J connectivity index is 1.73. The molecule has 0 atom stereocenters. The van der Waals surface area contributed by atoms with Crippen molar-refractivity contribution in [3.63, 3.8) is 0 Å². The molecule has 0 aliphatic rings. The molecule has 0 aromatic heterocycles. The van der Waals surface area contributed by atoms with Crippen molar-refractivity contribution in [1.82, 2.24) is 10.6 Å². The molecule has 0 fully saturated rings. The van der Waals surface area contributed by atoms with Crippen LogP contribution in [0.3, 0.4) is 0 Å². The summed E-state index contributed by atoms with van der Waals surface area (Å²) in [7, 11) is 0. The number of aryl methyl sites for hydroxylation is 2. The van der Waals surface area contributed by atoms with Crippen molar-refractivity contribution in [2.45, 2.75) is 27.3 Å². The number of carbonyl (C=O) groups is 2. The maximum atomic E-state index is 11.8. The lowest BCUT2D eigenvalue weighted by atomic mass is 10.1. The average Bonchev–Trinajstić information content (AvgIpc) is 2.62. The number of urea groups is 1. The van der Waals surface area contributed by atoms with Gasteiger partial charge < -0.3 is 20.1 Å². The van der Waals surface area contributed by atoms with Gasteiger partial charge in [0.2, 0.25) is 0 Å². The second-order valence-electron chi connectivity index (χ2n) is 5.83. The Kier molecular flexibility index (Phi) is 7.02. The highest BCUT2D eigenvalue weighted by atomic mass is 16.5. The molecule has 2 aromatic rings. The van der Waals surface area contributed by atoms with Gasteiger partial charge in [-0.2, -0.15) is 0 Å². The summed E-state index contributed by atoms with van der Waals surface area (Å²) < 4.78 is 10.5. The summed E-state index contributed by atoms with van der Waals surface area (Å²) in [6.07, 6.45) is 0. The third-order valence-corrected chi connectivity index (χ3v) is 3.71. The molecule has 2 rings (SSSR count). The zero-order valence-corrected chi connectivity index (χ0v) is 15.3. The normalized spacial score (nSPS) is 10.1. The Morgan fingerprint density at radius 3 is 2.38 bits per heavy atom. The van der Waals surface area contributed by atoms with E-state index in [9.17, 15) is 9.59 Å². The lowest BCUT2D eigenvalue weighted by Gasteiger charge is -2.11. The third kappa shape index (κ3) is 5.81. The van der Waals surface area contributed by atoms with Crippen molar-refractivity contribution in [3.05, 3.63) is 64.7 Å². The van der Waals surface area contributed by atoms with Crippen LogP contribution in [0, 0.1) is 13.8 Å². The van der Waals surface area contributed by atoms with Gasteiger partial charge in [-0.05, 0) is 50.1 Å². The molecule has 6 heteroatoms. The van der Waals surface area contributed by atoms with E-state index in [-0.39, 0.29) is 18.7 Å². The highest BCUT2D eigenvalue weighted by molar-refractivity contribution is 5.89. The van der Waals surface area contributed by atoms with Crippen LogP contribution in [-0.2, 0) is 11.3 Å². The fourth-order valence-corrected chi connectivity index (χ4v) is 2.36. The van der Waals surface area contributed by atoms with Gasteiger partial charge in [0.25, 0.3) is 0 Å². The molecule has 2 N–H and O–H groups in total. The summed E-state index contributed by atoms with van der Waals surface area (Å²) in [5.41, 5.74) is 3.55. The zero-order valence-electron chi connectivity index (χ0n) is 15.3. The predicted molar refractivity (Wildman–Crippen MR) is 99.2 cm³/mol. The molecular weight excluding hydrogens is 332 g/mol. The third-order valence-electron chi connectivity index (χ3n) is 3.71. The number of carbonyl (C=O) groups excluding carboxylic acids is 2. The van der Waals surface area contributed by atoms with E-state index < -0.39 is 0 Å². The van der Waals surface area contributed by atoms with Crippen LogP contribution in [0.2, 0.25) is 0 Å². The first-order chi connectivity index (χ1) is 12.5. The molecule has 0 radical (unpaired) electrons. The van der Waals surface area contributed by atoms with Crippen molar-refractivity contribution in [2.75, 3.05) is 13.3 Å². The summed E-state index contributed by atoms with van der Waals surface area (Å²) in [4.78, 5) is 23.4. The highest BCUT2D eigenvalue weighted by Crippen LogP contribution is 2.18. The van der Waals surface area contributed by atoms with Crippen LogP contribution in [-0.4, -0.2) is 25.3 Å². The first-order valence-electron chi connectivity index (χ1n) is 8.47. The van der Waals surface area contributed by atoms with Crippen LogP contribution >= 0.6 is 0 Å². The molecule has 0 aliphatic carbocycles. The molecule has 0 bridgehead atoms. The molecule has 0 saturated carbocycles. The molecule has 6 nitrogen and oxygen atoms in total. The fraction of sp³-hybridized carbons (Fsp3) is 0.300.